The number of benzene rings is 1. The van der Waals surface area contributed by atoms with Crippen LogP contribution in [-0.4, -0.2) is 31.1 Å². The first kappa shape index (κ1) is 17.9. The first-order valence-electron chi connectivity index (χ1n) is 7.84. The Labute approximate surface area is 153 Å². The maximum absolute atomic E-state index is 12.4. The maximum atomic E-state index is 12.4. The Bertz CT molecular complexity index is 901. The summed E-state index contributed by atoms with van der Waals surface area (Å²) in [4.78, 5) is 36.9. The Hall–Kier alpha value is -2.87. The topological polar surface area (TPSA) is 90.9 Å². The highest BCUT2D eigenvalue weighted by atomic mass is 32.1. The van der Waals surface area contributed by atoms with Crippen LogP contribution in [0.15, 0.2) is 18.2 Å². The zero-order valence-electron chi connectivity index (χ0n) is 14.5. The van der Waals surface area contributed by atoms with Crippen molar-refractivity contribution in [3.05, 3.63) is 39.8 Å². The second-order valence-electron chi connectivity index (χ2n) is 5.74. The molecule has 1 aliphatic heterocycles. The van der Waals surface area contributed by atoms with E-state index in [1.807, 2.05) is 6.92 Å². The molecule has 2 aromatic rings. The Kier molecular flexibility index (Phi) is 4.94. The zero-order valence-corrected chi connectivity index (χ0v) is 15.3. The lowest BCUT2D eigenvalue weighted by Gasteiger charge is -2.07. The van der Waals surface area contributed by atoms with Crippen LogP contribution in [0, 0.1) is 13.8 Å². The van der Waals surface area contributed by atoms with Gasteiger partial charge < -0.3 is 19.5 Å². The summed E-state index contributed by atoms with van der Waals surface area (Å²) in [5, 5.41) is 3.05. The summed E-state index contributed by atoms with van der Waals surface area (Å²) in [5.41, 5.74) is 1.36. The van der Waals surface area contributed by atoms with Gasteiger partial charge in [0.2, 0.25) is 12.7 Å². The monoisotopic (exact) mass is 375 g/mol. The molecule has 0 bridgehead atoms. The average Bonchev–Trinajstić information content (AvgIpc) is 3.16. The third-order valence-electron chi connectivity index (χ3n) is 3.91. The molecule has 0 radical (unpaired) electrons. The van der Waals surface area contributed by atoms with Gasteiger partial charge in [0.1, 0.15) is 5.00 Å². The fraction of sp³-hybridized carbons (Fsp3) is 0.278. The number of ether oxygens (including phenoxy) is 3. The van der Waals surface area contributed by atoms with Crippen LogP contribution in [0.2, 0.25) is 0 Å². The third kappa shape index (κ3) is 3.55. The molecule has 0 spiro atoms. The quantitative estimate of drug-likeness (QED) is 0.638. The van der Waals surface area contributed by atoms with E-state index in [1.54, 1.807) is 25.1 Å². The van der Waals surface area contributed by atoms with E-state index in [0.29, 0.717) is 22.1 Å². The number of thiophene rings is 1. The number of hydrogen-bond donors (Lipinski definition) is 1. The van der Waals surface area contributed by atoms with Gasteiger partial charge in [-0.05, 0) is 37.6 Å². The van der Waals surface area contributed by atoms with Gasteiger partial charge in [-0.25, -0.2) is 4.79 Å². The number of nitrogens with one attached hydrogen (secondary N) is 1. The molecule has 3 rings (SSSR count). The van der Waals surface area contributed by atoms with Crippen LogP contribution in [0.1, 0.15) is 38.1 Å². The van der Waals surface area contributed by atoms with Crippen molar-refractivity contribution in [2.45, 2.75) is 20.8 Å². The predicted molar refractivity (Wildman–Crippen MR) is 95.3 cm³/mol. The van der Waals surface area contributed by atoms with E-state index in [9.17, 15) is 14.4 Å². The van der Waals surface area contributed by atoms with Gasteiger partial charge in [-0.15, -0.1) is 11.3 Å². The molecule has 26 heavy (non-hydrogen) atoms. The molecule has 1 amide bonds. The number of anilines is 1. The smallest absolute Gasteiger partial charge is 0.341 e. The van der Waals surface area contributed by atoms with Crippen molar-refractivity contribution in [3.8, 4) is 11.5 Å². The summed E-state index contributed by atoms with van der Waals surface area (Å²) in [6.45, 7) is 4.69. The third-order valence-corrected chi connectivity index (χ3v) is 5.03. The van der Waals surface area contributed by atoms with Gasteiger partial charge in [0.25, 0.3) is 0 Å². The van der Waals surface area contributed by atoms with E-state index in [2.05, 4.69) is 5.32 Å². The molecule has 0 saturated heterocycles. The van der Waals surface area contributed by atoms with Crippen molar-refractivity contribution in [3.63, 3.8) is 0 Å². The molecule has 1 aromatic carbocycles. The van der Waals surface area contributed by atoms with Gasteiger partial charge in [0.05, 0.1) is 5.56 Å². The molecule has 8 heteroatoms. The minimum atomic E-state index is -0.648. The lowest BCUT2D eigenvalue weighted by molar-refractivity contribution is -0.114. The zero-order chi connectivity index (χ0) is 18.8. The SMILES string of the molecule is CC(=O)Nc1sc(C)c(C)c1C(=O)OCC(=O)c1ccc2c(c1)OCO2. The van der Waals surface area contributed by atoms with Crippen molar-refractivity contribution < 1.29 is 28.6 Å². The fourth-order valence-electron chi connectivity index (χ4n) is 2.48. The van der Waals surface area contributed by atoms with Crippen LogP contribution in [0.4, 0.5) is 5.00 Å². The molecule has 7 nitrogen and oxygen atoms in total. The number of carbonyl (C=O) groups is 3. The average molecular weight is 375 g/mol. The lowest BCUT2D eigenvalue weighted by Crippen LogP contribution is -2.16. The number of esters is 1. The van der Waals surface area contributed by atoms with Crippen LogP contribution < -0.4 is 14.8 Å². The van der Waals surface area contributed by atoms with E-state index in [4.69, 9.17) is 14.2 Å². The Morgan fingerprint density at radius 1 is 1.19 bits per heavy atom. The Balaban J connectivity index is 1.71. The van der Waals surface area contributed by atoms with E-state index < -0.39 is 12.6 Å². The van der Waals surface area contributed by atoms with Crippen molar-refractivity contribution in [1.82, 2.24) is 0 Å². The van der Waals surface area contributed by atoms with Crippen LogP contribution in [0.25, 0.3) is 0 Å². The van der Waals surface area contributed by atoms with E-state index in [1.165, 1.54) is 18.3 Å². The molecular weight excluding hydrogens is 358 g/mol. The fourth-order valence-corrected chi connectivity index (χ4v) is 3.57. The highest BCUT2D eigenvalue weighted by Crippen LogP contribution is 2.34. The van der Waals surface area contributed by atoms with Gasteiger partial charge in [-0.3, -0.25) is 9.59 Å². The van der Waals surface area contributed by atoms with Crippen molar-refractivity contribution in [1.29, 1.82) is 0 Å². The number of amides is 1. The largest absolute Gasteiger partial charge is 0.454 e. The van der Waals surface area contributed by atoms with Gasteiger partial charge in [-0.2, -0.15) is 0 Å². The summed E-state index contributed by atoms with van der Waals surface area (Å²) in [7, 11) is 0. The minimum absolute atomic E-state index is 0.116. The number of carbonyl (C=O) groups excluding carboxylic acids is 3. The summed E-state index contributed by atoms with van der Waals surface area (Å²) in [5.74, 6) is -0.231. The molecule has 136 valence electrons. The molecule has 0 atom stereocenters. The Morgan fingerprint density at radius 3 is 2.65 bits per heavy atom. The van der Waals surface area contributed by atoms with Crippen LogP contribution in [0.5, 0.6) is 11.5 Å². The van der Waals surface area contributed by atoms with E-state index in [0.717, 1.165) is 10.4 Å². The highest BCUT2D eigenvalue weighted by molar-refractivity contribution is 7.16. The predicted octanol–water partition coefficient (Wildman–Crippen LogP) is 3.09. The highest BCUT2D eigenvalue weighted by Gasteiger charge is 2.23. The van der Waals surface area contributed by atoms with Gasteiger partial charge in [0, 0.05) is 17.4 Å². The minimum Gasteiger partial charge on any atom is -0.454 e. The summed E-state index contributed by atoms with van der Waals surface area (Å²) in [6, 6.07) is 4.78. The summed E-state index contributed by atoms with van der Waals surface area (Å²) < 4.78 is 15.6. The molecule has 0 unspecified atom stereocenters. The van der Waals surface area contributed by atoms with Crippen molar-refractivity contribution >= 4 is 34.0 Å². The molecular formula is C18H17NO6S. The molecule has 0 fully saturated rings. The first-order valence-corrected chi connectivity index (χ1v) is 8.66. The second-order valence-corrected chi connectivity index (χ2v) is 6.96. The summed E-state index contributed by atoms with van der Waals surface area (Å²) in [6.07, 6.45) is 0. The Morgan fingerprint density at radius 2 is 1.92 bits per heavy atom. The number of Topliss-reactive ketones (excluding diaryl/α,β-unsaturated/α-hetero) is 1. The number of aryl methyl sites for hydroxylation is 1. The summed E-state index contributed by atoms with van der Waals surface area (Å²) >= 11 is 1.29. The van der Waals surface area contributed by atoms with Crippen molar-refractivity contribution in [2.75, 3.05) is 18.7 Å². The van der Waals surface area contributed by atoms with Gasteiger partial charge in [-0.1, -0.05) is 0 Å². The van der Waals surface area contributed by atoms with Gasteiger partial charge >= 0.3 is 5.97 Å². The molecule has 0 saturated carbocycles. The molecule has 1 aliphatic rings. The number of hydrogen-bond acceptors (Lipinski definition) is 7. The number of ketones is 1. The molecule has 1 N–H and O–H groups in total. The van der Waals surface area contributed by atoms with Crippen LogP contribution in [0.3, 0.4) is 0 Å². The van der Waals surface area contributed by atoms with E-state index >= 15 is 0 Å². The molecule has 1 aromatic heterocycles. The first-order chi connectivity index (χ1) is 12.4. The molecule has 2 heterocycles. The van der Waals surface area contributed by atoms with Crippen LogP contribution in [-0.2, 0) is 9.53 Å². The number of fused-ring (bicyclic) bond motifs is 1. The van der Waals surface area contributed by atoms with E-state index in [-0.39, 0.29) is 24.0 Å². The lowest BCUT2D eigenvalue weighted by atomic mass is 10.1. The van der Waals surface area contributed by atoms with Crippen LogP contribution >= 0.6 is 11.3 Å². The normalized spacial score (nSPS) is 12.0. The van der Waals surface area contributed by atoms with Gasteiger partial charge in [0.15, 0.2) is 23.9 Å². The second kappa shape index (κ2) is 7.17. The van der Waals surface area contributed by atoms with Crippen molar-refractivity contribution in [2.24, 2.45) is 0 Å². The number of rotatable bonds is 5. The maximum Gasteiger partial charge on any atom is 0.341 e. The standard InChI is InChI=1S/C18H17NO6S/c1-9-10(2)26-17(19-11(3)20)16(9)18(22)23-7-13(21)12-4-5-14-15(6-12)25-8-24-14/h4-6H,7-8H2,1-3H3,(H,19,20). The molecule has 0 aliphatic carbocycles.